The molecule has 0 aromatic heterocycles. The number of carbonyl (C=O) groups is 2. The second-order valence-corrected chi connectivity index (χ2v) is 7.24. The molecule has 1 amide bonds. The minimum atomic E-state index is -5.08. The Labute approximate surface area is 173 Å². The van der Waals surface area contributed by atoms with Crippen LogP contribution in [0.5, 0.6) is 0 Å². The summed E-state index contributed by atoms with van der Waals surface area (Å²) >= 11 is 0. The van der Waals surface area contributed by atoms with Crippen LogP contribution in [0.25, 0.3) is 0 Å². The molecule has 30 heavy (non-hydrogen) atoms. The number of ether oxygens (including phenoxy) is 2. The lowest BCUT2D eigenvalue weighted by Crippen LogP contribution is -2.39. The number of carboxylic acids is 1. The van der Waals surface area contributed by atoms with E-state index in [9.17, 15) is 18.0 Å². The highest BCUT2D eigenvalue weighted by Crippen LogP contribution is 2.47. The second-order valence-electron chi connectivity index (χ2n) is 7.24. The summed E-state index contributed by atoms with van der Waals surface area (Å²) in [5, 5.41) is 10.1. The van der Waals surface area contributed by atoms with E-state index >= 15 is 0 Å². The highest BCUT2D eigenvalue weighted by molar-refractivity contribution is 5.91. The van der Waals surface area contributed by atoms with E-state index < -0.39 is 12.1 Å². The Morgan fingerprint density at radius 2 is 1.93 bits per heavy atom. The predicted molar refractivity (Wildman–Crippen MR) is 105 cm³/mol. The summed E-state index contributed by atoms with van der Waals surface area (Å²) < 4.78 is 42.6. The molecule has 1 aromatic rings. The molecule has 0 atom stereocenters. The van der Waals surface area contributed by atoms with E-state index in [1.165, 1.54) is 11.3 Å². The van der Waals surface area contributed by atoms with Gasteiger partial charge in [0.25, 0.3) is 0 Å². The molecule has 0 bridgehead atoms. The number of hydrogen-bond donors (Lipinski definition) is 2. The fourth-order valence-corrected chi connectivity index (χ4v) is 3.69. The van der Waals surface area contributed by atoms with Gasteiger partial charge in [0.2, 0.25) is 5.91 Å². The van der Waals surface area contributed by atoms with Crippen LogP contribution in [-0.2, 0) is 24.5 Å². The highest BCUT2D eigenvalue weighted by Gasteiger charge is 2.43. The number of nitrogens with one attached hydrogen (secondary N) is 1. The van der Waals surface area contributed by atoms with Crippen LogP contribution < -0.4 is 10.2 Å². The minimum absolute atomic E-state index is 0.0558. The molecule has 3 rings (SSSR count). The number of carboxylic acid groups (broad SMARTS) is 1. The molecule has 2 N–H and O–H groups in total. The largest absolute Gasteiger partial charge is 0.490 e. The summed E-state index contributed by atoms with van der Waals surface area (Å²) in [5.74, 6) is -2.70. The molecule has 2 aliphatic rings. The quantitative estimate of drug-likeness (QED) is 0.743. The standard InChI is InChI=1S/C18H26N2O3.C2HF3O2/c1-3-17(21)19-14-4-5-16-15(12-14)18(6-9-23-10-7-18)13-20(16)8-11-22-2;3-2(4,5)1(6)7/h4-5,12H,3,6-11,13H2,1-2H3,(H,19,21);(H,6,7). The van der Waals surface area contributed by atoms with Gasteiger partial charge in [0.1, 0.15) is 0 Å². The lowest BCUT2D eigenvalue weighted by Gasteiger charge is -2.34. The van der Waals surface area contributed by atoms with Gasteiger partial charge in [0, 0.05) is 56.6 Å². The maximum Gasteiger partial charge on any atom is 0.490 e. The molecule has 2 aliphatic heterocycles. The zero-order chi connectivity index (χ0) is 22.4. The summed E-state index contributed by atoms with van der Waals surface area (Å²) in [5.41, 5.74) is 3.67. The van der Waals surface area contributed by atoms with Crippen molar-refractivity contribution in [2.75, 3.05) is 50.2 Å². The molecule has 0 radical (unpaired) electrons. The van der Waals surface area contributed by atoms with Gasteiger partial charge in [0.15, 0.2) is 0 Å². The third-order valence-corrected chi connectivity index (χ3v) is 5.26. The normalized spacial score (nSPS) is 17.2. The third-order valence-electron chi connectivity index (χ3n) is 5.26. The number of nitrogens with zero attached hydrogens (tertiary/aromatic N) is 1. The van der Waals surface area contributed by atoms with Gasteiger partial charge < -0.3 is 24.8 Å². The van der Waals surface area contributed by atoms with Gasteiger partial charge in [-0.25, -0.2) is 4.79 Å². The van der Waals surface area contributed by atoms with Crippen LogP contribution in [0.2, 0.25) is 0 Å². The number of carbonyl (C=O) groups excluding carboxylic acids is 1. The van der Waals surface area contributed by atoms with E-state index in [0.717, 1.165) is 51.4 Å². The summed E-state index contributed by atoms with van der Waals surface area (Å²) in [6.07, 6.45) is -2.51. The SMILES string of the molecule is CCC(=O)Nc1ccc2c(c1)C1(CCOCC1)CN2CCOC.O=C(O)C(F)(F)F. The Morgan fingerprint density at radius 1 is 1.30 bits per heavy atom. The molecule has 1 spiro atoms. The molecule has 1 aromatic carbocycles. The second kappa shape index (κ2) is 10.1. The summed E-state index contributed by atoms with van der Waals surface area (Å²) in [4.78, 5) is 23.0. The van der Waals surface area contributed by atoms with Crippen LogP contribution in [0.4, 0.5) is 24.5 Å². The van der Waals surface area contributed by atoms with E-state index in [1.807, 2.05) is 13.0 Å². The Morgan fingerprint density at radius 3 is 2.47 bits per heavy atom. The summed E-state index contributed by atoms with van der Waals surface area (Å²) in [7, 11) is 1.74. The monoisotopic (exact) mass is 432 g/mol. The Kier molecular flexibility index (Phi) is 8.08. The van der Waals surface area contributed by atoms with Gasteiger partial charge in [-0.15, -0.1) is 0 Å². The number of anilines is 2. The molecule has 168 valence electrons. The first-order chi connectivity index (χ1) is 14.1. The molecule has 7 nitrogen and oxygen atoms in total. The maximum atomic E-state index is 11.7. The number of halogens is 3. The summed E-state index contributed by atoms with van der Waals surface area (Å²) in [6.45, 7) is 6.12. The molecule has 2 heterocycles. The van der Waals surface area contributed by atoms with E-state index in [1.54, 1.807) is 7.11 Å². The number of methoxy groups -OCH3 is 1. The molecule has 1 fully saturated rings. The zero-order valence-corrected chi connectivity index (χ0v) is 17.1. The average molecular weight is 432 g/mol. The highest BCUT2D eigenvalue weighted by atomic mass is 19.4. The van der Waals surface area contributed by atoms with Gasteiger partial charge in [0.05, 0.1) is 6.61 Å². The maximum absolute atomic E-state index is 11.7. The van der Waals surface area contributed by atoms with Crippen molar-refractivity contribution >= 4 is 23.3 Å². The molecule has 0 saturated carbocycles. The number of hydrogen-bond acceptors (Lipinski definition) is 5. The van der Waals surface area contributed by atoms with Crippen LogP contribution in [0.15, 0.2) is 18.2 Å². The van der Waals surface area contributed by atoms with Crippen molar-refractivity contribution in [2.45, 2.75) is 37.8 Å². The first kappa shape index (κ1) is 23.9. The number of benzene rings is 1. The summed E-state index contributed by atoms with van der Waals surface area (Å²) in [6, 6.07) is 6.31. The fraction of sp³-hybridized carbons (Fsp3) is 0.600. The Hall–Kier alpha value is -2.33. The third kappa shape index (κ3) is 5.85. The van der Waals surface area contributed by atoms with Crippen molar-refractivity contribution in [1.29, 1.82) is 0 Å². The van der Waals surface area contributed by atoms with Crippen molar-refractivity contribution in [3.05, 3.63) is 23.8 Å². The number of alkyl halides is 3. The van der Waals surface area contributed by atoms with Gasteiger partial charge in [-0.1, -0.05) is 6.92 Å². The number of rotatable bonds is 5. The van der Waals surface area contributed by atoms with E-state index in [0.29, 0.717) is 6.42 Å². The van der Waals surface area contributed by atoms with E-state index in [4.69, 9.17) is 19.4 Å². The van der Waals surface area contributed by atoms with E-state index in [2.05, 4.69) is 22.3 Å². The first-order valence-corrected chi connectivity index (χ1v) is 9.69. The van der Waals surface area contributed by atoms with Crippen LogP contribution >= 0.6 is 0 Å². The average Bonchev–Trinajstić information content (AvgIpc) is 2.99. The first-order valence-electron chi connectivity index (χ1n) is 9.69. The molecule has 0 unspecified atom stereocenters. The molecule has 1 saturated heterocycles. The van der Waals surface area contributed by atoms with Gasteiger partial charge >= 0.3 is 12.1 Å². The van der Waals surface area contributed by atoms with Gasteiger partial charge in [-0.3, -0.25) is 4.79 Å². The molecule has 10 heteroatoms. The van der Waals surface area contributed by atoms with Crippen LogP contribution in [0, 0.1) is 0 Å². The van der Waals surface area contributed by atoms with Gasteiger partial charge in [-0.2, -0.15) is 13.2 Å². The Bertz CT molecular complexity index is 748. The lowest BCUT2D eigenvalue weighted by atomic mass is 9.76. The number of fused-ring (bicyclic) bond motifs is 2. The van der Waals surface area contributed by atoms with Crippen molar-refractivity contribution in [1.82, 2.24) is 0 Å². The zero-order valence-electron chi connectivity index (χ0n) is 17.1. The van der Waals surface area contributed by atoms with Gasteiger partial charge in [-0.05, 0) is 36.6 Å². The molecular formula is C20H27F3N2O5. The van der Waals surface area contributed by atoms with Crippen molar-refractivity contribution in [2.24, 2.45) is 0 Å². The van der Waals surface area contributed by atoms with Crippen LogP contribution in [-0.4, -0.2) is 63.2 Å². The van der Waals surface area contributed by atoms with Crippen LogP contribution in [0.3, 0.4) is 0 Å². The van der Waals surface area contributed by atoms with Crippen molar-refractivity contribution in [3.8, 4) is 0 Å². The van der Waals surface area contributed by atoms with E-state index in [-0.39, 0.29) is 11.3 Å². The Balaban J connectivity index is 0.000000396. The molecular weight excluding hydrogens is 405 g/mol. The molecule has 0 aliphatic carbocycles. The topological polar surface area (TPSA) is 88.1 Å². The smallest absolute Gasteiger partial charge is 0.475 e. The number of aliphatic carboxylic acids is 1. The van der Waals surface area contributed by atoms with Crippen molar-refractivity contribution < 1.29 is 37.3 Å². The lowest BCUT2D eigenvalue weighted by molar-refractivity contribution is -0.192. The fourth-order valence-electron chi connectivity index (χ4n) is 3.69. The predicted octanol–water partition coefficient (Wildman–Crippen LogP) is 3.18. The van der Waals surface area contributed by atoms with Crippen LogP contribution in [0.1, 0.15) is 31.7 Å². The van der Waals surface area contributed by atoms with Crippen molar-refractivity contribution in [3.63, 3.8) is 0 Å². The minimum Gasteiger partial charge on any atom is -0.475 e. The number of amides is 1.